The first kappa shape index (κ1) is 54.5. The second-order valence-corrected chi connectivity index (χ2v) is 19.7. The number of unbranched alkanes of at least 4 members (excludes halogenated alkanes) is 4. The summed E-state index contributed by atoms with van der Waals surface area (Å²) in [6, 6.07) is 7.30. The van der Waals surface area contributed by atoms with Crippen LogP contribution in [-0.2, 0) is 54.1 Å². The molecule has 0 radical (unpaired) electrons. The second-order valence-electron chi connectivity index (χ2n) is 19.7. The van der Waals surface area contributed by atoms with Gasteiger partial charge in [0.1, 0.15) is 29.2 Å². The molecule has 2 amide bonds. The Hall–Kier alpha value is -4.06. The average Bonchev–Trinajstić information content (AvgIpc) is 4.20. The van der Waals surface area contributed by atoms with Crippen molar-refractivity contribution in [2.75, 3.05) is 40.0 Å². The number of hydrazine groups is 1. The number of Topliss-reactive ketones (excluding diaryl/α,β-unsaturated/α-hetero) is 3. The molecule has 9 atom stereocenters. The number of amides is 2. The third-order valence-corrected chi connectivity index (χ3v) is 13.2. The summed E-state index contributed by atoms with van der Waals surface area (Å²) in [5.41, 5.74) is 3.78. The molecule has 1 spiro atoms. The van der Waals surface area contributed by atoms with Crippen molar-refractivity contribution in [2.45, 2.75) is 167 Å². The van der Waals surface area contributed by atoms with E-state index in [2.05, 4.69) is 48.2 Å². The van der Waals surface area contributed by atoms with E-state index in [9.17, 15) is 28.8 Å². The molecule has 3 fully saturated rings. The van der Waals surface area contributed by atoms with E-state index >= 15 is 0 Å². The van der Waals surface area contributed by atoms with Crippen molar-refractivity contribution >= 4 is 35.3 Å². The van der Waals surface area contributed by atoms with E-state index in [4.69, 9.17) is 29.5 Å². The quantitative estimate of drug-likeness (QED) is 0.0122. The summed E-state index contributed by atoms with van der Waals surface area (Å²) in [5.74, 6) is 3.20. The largest absolute Gasteiger partial charge is 0.460 e. The first-order valence-electron chi connectivity index (χ1n) is 24.1. The molecule has 370 valence electrons. The molecule has 1 aliphatic carbocycles. The molecule has 66 heavy (non-hydrogen) atoms. The van der Waals surface area contributed by atoms with Gasteiger partial charge in [-0.2, -0.15) is 0 Å². The molecule has 1 aromatic carbocycles. The van der Waals surface area contributed by atoms with Crippen molar-refractivity contribution in [1.29, 1.82) is 0 Å². The second kappa shape index (κ2) is 26.5. The molecular formula is C50H79N5O11. The van der Waals surface area contributed by atoms with Crippen molar-refractivity contribution in [3.8, 4) is 0 Å². The van der Waals surface area contributed by atoms with E-state index < -0.39 is 47.4 Å². The molecule has 0 bridgehead atoms. The number of hydrogen-bond donors (Lipinski definition) is 5. The molecule has 1 aromatic rings. The molecule has 2 heterocycles. The van der Waals surface area contributed by atoms with E-state index in [1.807, 2.05) is 58.0 Å². The monoisotopic (exact) mass is 926 g/mol. The fraction of sp³-hybridized carbons (Fsp3) is 0.720. The Bertz CT molecular complexity index is 1780. The van der Waals surface area contributed by atoms with Crippen molar-refractivity contribution in [1.82, 2.24) is 21.4 Å². The van der Waals surface area contributed by atoms with Crippen LogP contribution in [0.2, 0.25) is 0 Å². The number of nitrogens with two attached hydrogens (primary N) is 1. The third-order valence-electron chi connectivity index (χ3n) is 13.2. The summed E-state index contributed by atoms with van der Waals surface area (Å²) in [7, 11) is 1.66. The van der Waals surface area contributed by atoms with Gasteiger partial charge in [0.05, 0.1) is 56.8 Å². The lowest BCUT2D eigenvalue weighted by Gasteiger charge is -2.42. The van der Waals surface area contributed by atoms with Crippen LogP contribution >= 0.6 is 0 Å². The lowest BCUT2D eigenvalue weighted by Crippen LogP contribution is -2.55. The van der Waals surface area contributed by atoms with E-state index in [1.165, 1.54) is 5.57 Å². The maximum atomic E-state index is 13.3. The van der Waals surface area contributed by atoms with Crippen LogP contribution in [0.3, 0.4) is 0 Å². The number of nitrogens with one attached hydrogen (secondary N) is 4. The molecule has 4 unspecified atom stereocenters. The molecule has 6 N–H and O–H groups in total. The van der Waals surface area contributed by atoms with Gasteiger partial charge in [0, 0.05) is 32.4 Å². The summed E-state index contributed by atoms with van der Waals surface area (Å²) in [4.78, 5) is 77.5. The maximum Gasteiger partial charge on any atom is 0.407 e. The number of ether oxygens (including phenoxy) is 5. The molecule has 16 nitrogen and oxygen atoms in total. The lowest BCUT2D eigenvalue weighted by atomic mass is 9.68. The predicted molar refractivity (Wildman–Crippen MR) is 250 cm³/mol. The van der Waals surface area contributed by atoms with Crippen LogP contribution in [-0.4, -0.2) is 117 Å². The summed E-state index contributed by atoms with van der Waals surface area (Å²) in [6.45, 7) is 15.0. The van der Waals surface area contributed by atoms with Crippen LogP contribution in [0.5, 0.6) is 0 Å². The zero-order valence-electron chi connectivity index (χ0n) is 40.7. The van der Waals surface area contributed by atoms with E-state index in [0.717, 1.165) is 44.1 Å². The molecule has 2 saturated heterocycles. The smallest absolute Gasteiger partial charge is 0.407 e. The van der Waals surface area contributed by atoms with Crippen molar-refractivity contribution in [2.24, 2.45) is 29.5 Å². The molecule has 1 saturated carbocycles. The number of carbonyl (C=O) groups is 6. The first-order valence-corrected chi connectivity index (χ1v) is 24.1. The van der Waals surface area contributed by atoms with Gasteiger partial charge in [0.15, 0.2) is 0 Å². The number of allylic oxidation sites excluding steroid dienone is 1. The molecular weight excluding hydrogens is 847 g/mol. The van der Waals surface area contributed by atoms with Crippen LogP contribution in [0, 0.1) is 23.7 Å². The van der Waals surface area contributed by atoms with Gasteiger partial charge >= 0.3 is 12.1 Å². The standard InChI is InChI=1S/C50H79N5O11/c1-32(2)20-21-42-49(7,66-42)46-45(62-8)41(22-23-50(46)31-64-50)65-43(58)27-36(34(5)6)30-63-48(61)53-24-16-11-9-10-15-19-37(56)28-52-29-40(57)44(59)38(26-35-17-13-12-14-18-35)54-47(60)39(55-51)25-33(3)4/h12-14,17-18,20,33-34,36,38-39,41-42,45-46,52,55H,9-11,15-16,19,21-31,51H2,1-8H3,(H,53,61)(H,54,60)/t36-,38-,39-,41?,42+,45?,46?,49?,50-/m0/s1. The summed E-state index contributed by atoms with van der Waals surface area (Å²) in [6.07, 6.45) is 8.12. The van der Waals surface area contributed by atoms with Gasteiger partial charge in [0.25, 0.3) is 0 Å². The first-order chi connectivity index (χ1) is 31.4. The van der Waals surface area contributed by atoms with Crippen molar-refractivity contribution in [3.05, 3.63) is 47.5 Å². The third kappa shape index (κ3) is 16.9. The van der Waals surface area contributed by atoms with Crippen molar-refractivity contribution in [3.63, 3.8) is 0 Å². The van der Waals surface area contributed by atoms with E-state index in [-0.39, 0.29) is 85.8 Å². The highest BCUT2D eigenvalue weighted by atomic mass is 16.6. The number of ketones is 3. The van der Waals surface area contributed by atoms with Gasteiger partial charge in [-0.25, -0.2) is 10.2 Å². The Kier molecular flexibility index (Phi) is 21.9. The molecule has 4 rings (SSSR count). The highest BCUT2D eigenvalue weighted by Gasteiger charge is 2.72. The number of rotatable bonds is 31. The summed E-state index contributed by atoms with van der Waals surface area (Å²) in [5, 5.41) is 8.30. The number of benzene rings is 1. The Morgan fingerprint density at radius 1 is 0.955 bits per heavy atom. The van der Waals surface area contributed by atoms with Crippen LogP contribution in [0.1, 0.15) is 125 Å². The fourth-order valence-corrected chi connectivity index (χ4v) is 9.13. The maximum absolute atomic E-state index is 13.3. The number of methoxy groups -OCH3 is 1. The highest BCUT2D eigenvalue weighted by molar-refractivity contribution is 6.40. The summed E-state index contributed by atoms with van der Waals surface area (Å²) >= 11 is 0. The Morgan fingerprint density at radius 3 is 2.29 bits per heavy atom. The number of carbonyl (C=O) groups excluding carboxylic acids is 6. The SMILES string of the molecule is COC1C(OC(=O)C[C@@H](COC(=O)NCCCCCCCC(=O)CNCC(=O)C(=O)[C@H](Cc2ccccc2)NC(=O)[C@H](CC(C)C)NN)C(C)C)CC[C@]2(CO2)C1C1(C)O[C@@H]1CC=C(C)C. The van der Waals surface area contributed by atoms with Gasteiger partial charge in [-0.15, -0.1) is 0 Å². The number of esters is 1. The minimum Gasteiger partial charge on any atom is -0.460 e. The molecule has 0 aromatic heterocycles. The number of alkyl carbamates (subject to hydrolysis) is 1. The number of hydrogen-bond acceptors (Lipinski definition) is 14. The summed E-state index contributed by atoms with van der Waals surface area (Å²) < 4.78 is 30.0. The van der Waals surface area contributed by atoms with Gasteiger partial charge < -0.3 is 39.6 Å². The highest BCUT2D eigenvalue weighted by Crippen LogP contribution is 2.59. The number of epoxide rings is 2. The zero-order valence-corrected chi connectivity index (χ0v) is 40.7. The van der Waals surface area contributed by atoms with Gasteiger partial charge in [-0.3, -0.25) is 29.8 Å². The lowest BCUT2D eigenvalue weighted by molar-refractivity contribution is -0.173. The minimum absolute atomic E-state index is 0.0497. The Morgan fingerprint density at radius 2 is 1.65 bits per heavy atom. The Balaban J connectivity index is 1.07. The average molecular weight is 926 g/mol. The predicted octanol–water partition coefficient (Wildman–Crippen LogP) is 5.24. The van der Waals surface area contributed by atoms with Crippen LogP contribution < -0.4 is 27.2 Å². The molecule has 16 heteroatoms. The van der Waals surface area contributed by atoms with E-state index in [1.54, 1.807) is 7.11 Å². The minimum atomic E-state index is -1.08. The Labute approximate surface area is 392 Å². The molecule has 2 aliphatic heterocycles. The van der Waals surface area contributed by atoms with Gasteiger partial charge in [-0.05, 0) is 76.7 Å². The fourth-order valence-electron chi connectivity index (χ4n) is 9.13. The van der Waals surface area contributed by atoms with Gasteiger partial charge in [0.2, 0.25) is 17.5 Å². The van der Waals surface area contributed by atoms with E-state index in [0.29, 0.717) is 38.8 Å². The normalized spacial score (nSPS) is 24.5. The van der Waals surface area contributed by atoms with Crippen LogP contribution in [0.25, 0.3) is 0 Å². The molecule has 3 aliphatic rings. The topological polar surface area (TPSA) is 229 Å². The van der Waals surface area contributed by atoms with Crippen LogP contribution in [0.15, 0.2) is 42.0 Å². The van der Waals surface area contributed by atoms with Gasteiger partial charge in [-0.1, -0.05) is 88.9 Å². The zero-order chi connectivity index (χ0) is 48.4. The van der Waals surface area contributed by atoms with Crippen LogP contribution in [0.4, 0.5) is 4.79 Å². The van der Waals surface area contributed by atoms with Crippen molar-refractivity contribution < 1.29 is 52.5 Å².